The van der Waals surface area contributed by atoms with Gasteiger partial charge in [-0.2, -0.15) is 0 Å². The van der Waals surface area contributed by atoms with Crippen molar-refractivity contribution in [2.24, 2.45) is 0 Å². The highest BCUT2D eigenvalue weighted by Gasteiger charge is 2.20. The highest BCUT2D eigenvalue weighted by molar-refractivity contribution is 7.10. The summed E-state index contributed by atoms with van der Waals surface area (Å²) < 4.78 is 15.3. The third kappa shape index (κ3) is 2.18. The Morgan fingerprint density at radius 2 is 2.25 bits per heavy atom. The second kappa shape index (κ2) is 5.25. The van der Waals surface area contributed by atoms with Crippen molar-refractivity contribution in [1.82, 2.24) is 9.55 Å². The molecule has 0 saturated carbocycles. The summed E-state index contributed by atoms with van der Waals surface area (Å²) in [6, 6.07) is 8.95. The number of aromatic nitrogens is 2. The molecule has 0 aliphatic carbocycles. The molecule has 0 aliphatic heterocycles. The summed E-state index contributed by atoms with van der Waals surface area (Å²) >= 11 is 1.71. The summed E-state index contributed by atoms with van der Waals surface area (Å²) in [5, 5.41) is 2.06. The maximum absolute atomic E-state index is 13.3. The number of thiophene rings is 1. The molecule has 3 nitrogen and oxygen atoms in total. The van der Waals surface area contributed by atoms with Crippen LogP contribution in [0.2, 0.25) is 0 Å². The second-order valence-corrected chi connectivity index (χ2v) is 5.77. The molecule has 1 unspecified atom stereocenters. The van der Waals surface area contributed by atoms with Crippen molar-refractivity contribution in [3.05, 3.63) is 46.4 Å². The quantitative estimate of drug-likeness (QED) is 0.782. The van der Waals surface area contributed by atoms with Gasteiger partial charge < -0.3 is 10.3 Å². The van der Waals surface area contributed by atoms with Crippen LogP contribution in [-0.2, 0) is 0 Å². The number of benzene rings is 1. The van der Waals surface area contributed by atoms with E-state index in [1.807, 2.05) is 10.6 Å². The molecule has 5 heteroatoms. The summed E-state index contributed by atoms with van der Waals surface area (Å²) in [6.45, 7) is 2.15. The first-order chi connectivity index (χ1) is 9.70. The van der Waals surface area contributed by atoms with E-state index in [9.17, 15) is 4.39 Å². The number of halogens is 1. The van der Waals surface area contributed by atoms with Gasteiger partial charge in [0.1, 0.15) is 5.82 Å². The smallest absolute Gasteiger partial charge is 0.201 e. The Hall–Kier alpha value is -1.88. The van der Waals surface area contributed by atoms with E-state index in [0.717, 1.165) is 18.4 Å². The summed E-state index contributed by atoms with van der Waals surface area (Å²) in [6.07, 6.45) is 2.02. The Kier molecular flexibility index (Phi) is 3.44. The van der Waals surface area contributed by atoms with E-state index in [1.54, 1.807) is 17.4 Å². The lowest BCUT2D eigenvalue weighted by atomic mass is 10.1. The Balaban J connectivity index is 2.18. The van der Waals surface area contributed by atoms with Crippen LogP contribution < -0.4 is 5.73 Å². The zero-order chi connectivity index (χ0) is 14.1. The predicted molar refractivity (Wildman–Crippen MR) is 81.5 cm³/mol. The Bertz CT molecular complexity index is 718. The minimum absolute atomic E-state index is 0.162. The zero-order valence-corrected chi connectivity index (χ0v) is 12.0. The summed E-state index contributed by atoms with van der Waals surface area (Å²) in [5.41, 5.74) is 7.57. The number of hydrogen-bond donors (Lipinski definition) is 1. The molecule has 1 atom stereocenters. The molecule has 1 aromatic carbocycles. The van der Waals surface area contributed by atoms with Crippen LogP contribution in [0.25, 0.3) is 11.0 Å². The van der Waals surface area contributed by atoms with E-state index in [4.69, 9.17) is 5.73 Å². The topological polar surface area (TPSA) is 43.8 Å². The molecule has 0 radical (unpaired) electrons. The van der Waals surface area contributed by atoms with Gasteiger partial charge in [-0.1, -0.05) is 19.4 Å². The van der Waals surface area contributed by atoms with Crippen LogP contribution in [-0.4, -0.2) is 9.55 Å². The Labute approximate surface area is 120 Å². The van der Waals surface area contributed by atoms with Crippen LogP contribution in [0.1, 0.15) is 30.7 Å². The maximum atomic E-state index is 13.3. The molecule has 0 spiro atoms. The normalized spacial score (nSPS) is 12.9. The van der Waals surface area contributed by atoms with Crippen LogP contribution >= 0.6 is 11.3 Å². The Morgan fingerprint density at radius 1 is 1.40 bits per heavy atom. The minimum Gasteiger partial charge on any atom is -0.369 e. The van der Waals surface area contributed by atoms with Gasteiger partial charge in [0, 0.05) is 10.9 Å². The second-order valence-electron chi connectivity index (χ2n) is 4.79. The highest BCUT2D eigenvalue weighted by atomic mass is 32.1. The van der Waals surface area contributed by atoms with Crippen LogP contribution in [0.4, 0.5) is 10.3 Å². The molecule has 2 heterocycles. The van der Waals surface area contributed by atoms with E-state index in [0.29, 0.717) is 11.5 Å². The van der Waals surface area contributed by atoms with Crippen molar-refractivity contribution in [1.29, 1.82) is 0 Å². The first-order valence-corrected chi connectivity index (χ1v) is 7.55. The lowest BCUT2D eigenvalue weighted by Crippen LogP contribution is -2.12. The number of anilines is 1. The van der Waals surface area contributed by atoms with Gasteiger partial charge >= 0.3 is 0 Å². The molecule has 20 heavy (non-hydrogen) atoms. The van der Waals surface area contributed by atoms with Gasteiger partial charge in [0.2, 0.25) is 5.95 Å². The molecule has 0 saturated heterocycles. The molecule has 0 amide bonds. The number of rotatable bonds is 4. The lowest BCUT2D eigenvalue weighted by molar-refractivity contribution is 0.560. The number of nitrogen functional groups attached to an aromatic ring is 1. The van der Waals surface area contributed by atoms with E-state index in [2.05, 4.69) is 23.4 Å². The number of nitrogens with two attached hydrogens (primary N) is 1. The van der Waals surface area contributed by atoms with Crippen molar-refractivity contribution in [2.45, 2.75) is 25.8 Å². The van der Waals surface area contributed by atoms with Gasteiger partial charge in [0.15, 0.2) is 0 Å². The highest BCUT2D eigenvalue weighted by Crippen LogP contribution is 2.33. The lowest BCUT2D eigenvalue weighted by Gasteiger charge is -2.19. The van der Waals surface area contributed by atoms with E-state index < -0.39 is 0 Å². The molecule has 2 aromatic heterocycles. The van der Waals surface area contributed by atoms with Gasteiger partial charge in [0.05, 0.1) is 17.1 Å². The van der Waals surface area contributed by atoms with Crippen molar-refractivity contribution in [3.8, 4) is 0 Å². The molecule has 104 valence electrons. The number of hydrogen-bond acceptors (Lipinski definition) is 3. The predicted octanol–water partition coefficient (Wildman–Crippen LogP) is 4.21. The minimum atomic E-state index is -0.287. The van der Waals surface area contributed by atoms with Crippen molar-refractivity contribution in [2.75, 3.05) is 5.73 Å². The molecule has 0 bridgehead atoms. The first-order valence-electron chi connectivity index (χ1n) is 6.67. The van der Waals surface area contributed by atoms with E-state index >= 15 is 0 Å². The van der Waals surface area contributed by atoms with E-state index in [1.165, 1.54) is 17.0 Å². The number of imidazole rings is 1. The largest absolute Gasteiger partial charge is 0.369 e. The van der Waals surface area contributed by atoms with Crippen LogP contribution in [0.3, 0.4) is 0 Å². The van der Waals surface area contributed by atoms with Crippen LogP contribution in [0.5, 0.6) is 0 Å². The third-order valence-corrected chi connectivity index (χ3v) is 4.40. The molecular formula is C15H16FN3S. The zero-order valence-electron chi connectivity index (χ0n) is 11.2. The summed E-state index contributed by atoms with van der Waals surface area (Å²) in [5.74, 6) is 0.155. The van der Waals surface area contributed by atoms with Crippen LogP contribution in [0.15, 0.2) is 35.7 Å². The van der Waals surface area contributed by atoms with Gasteiger partial charge in [-0.05, 0) is 30.0 Å². The fraction of sp³-hybridized carbons (Fsp3) is 0.267. The fourth-order valence-electron chi connectivity index (χ4n) is 2.57. The van der Waals surface area contributed by atoms with Crippen molar-refractivity contribution in [3.63, 3.8) is 0 Å². The van der Waals surface area contributed by atoms with Gasteiger partial charge in [-0.25, -0.2) is 9.37 Å². The molecule has 0 fully saturated rings. The monoisotopic (exact) mass is 289 g/mol. The average molecular weight is 289 g/mol. The molecule has 0 aliphatic rings. The number of fused-ring (bicyclic) bond motifs is 1. The standard InChI is InChI=1S/C15H16FN3S/c1-2-4-13(14-5-3-8-20-14)19-12-7-6-10(16)9-11(12)18-15(19)17/h3,5-9,13H,2,4H2,1H3,(H2,17,18). The maximum Gasteiger partial charge on any atom is 0.201 e. The summed E-state index contributed by atoms with van der Waals surface area (Å²) in [7, 11) is 0. The van der Waals surface area contributed by atoms with Crippen molar-refractivity contribution >= 4 is 28.3 Å². The first kappa shape index (κ1) is 13.1. The average Bonchev–Trinajstić information content (AvgIpc) is 3.03. The number of nitrogens with zero attached hydrogens (tertiary/aromatic N) is 2. The molecular weight excluding hydrogens is 273 g/mol. The molecule has 3 aromatic rings. The van der Waals surface area contributed by atoms with Gasteiger partial charge in [-0.15, -0.1) is 11.3 Å². The summed E-state index contributed by atoms with van der Waals surface area (Å²) in [4.78, 5) is 5.54. The third-order valence-electron chi connectivity index (χ3n) is 3.42. The Morgan fingerprint density at radius 3 is 2.95 bits per heavy atom. The van der Waals surface area contributed by atoms with Crippen LogP contribution in [0, 0.1) is 5.82 Å². The van der Waals surface area contributed by atoms with E-state index in [-0.39, 0.29) is 11.9 Å². The molecule has 3 rings (SSSR count). The van der Waals surface area contributed by atoms with Crippen molar-refractivity contribution < 1.29 is 4.39 Å². The fourth-order valence-corrected chi connectivity index (χ4v) is 3.42. The van der Waals surface area contributed by atoms with Gasteiger partial charge in [0.25, 0.3) is 0 Å². The van der Waals surface area contributed by atoms with Gasteiger partial charge in [-0.3, -0.25) is 0 Å². The molecule has 2 N–H and O–H groups in total. The SMILES string of the molecule is CCCC(c1cccs1)n1c(N)nc2cc(F)ccc21.